The maximum absolute atomic E-state index is 12.6. The van der Waals surface area contributed by atoms with Crippen molar-refractivity contribution in [2.45, 2.75) is 26.2 Å². The molecule has 1 atom stereocenters. The molecule has 3 aromatic rings. The number of esters is 1. The van der Waals surface area contributed by atoms with Crippen molar-refractivity contribution in [2.24, 2.45) is 5.92 Å². The molecule has 1 unspecified atom stereocenters. The first-order valence-electron chi connectivity index (χ1n) is 8.69. The monoisotopic (exact) mass is 401 g/mol. The topological polar surface area (TPSA) is 84.1 Å². The summed E-state index contributed by atoms with van der Waals surface area (Å²) in [4.78, 5) is 33.5. The summed E-state index contributed by atoms with van der Waals surface area (Å²) in [5.41, 5.74) is 3.14. The fraction of sp³-hybridized carbons (Fsp3) is 0.316. The van der Waals surface area contributed by atoms with Gasteiger partial charge in [0.15, 0.2) is 5.13 Å². The van der Waals surface area contributed by atoms with Gasteiger partial charge in [0.2, 0.25) is 0 Å². The van der Waals surface area contributed by atoms with Gasteiger partial charge in [0, 0.05) is 22.0 Å². The maximum Gasteiger partial charge on any atom is 0.354 e. The van der Waals surface area contributed by atoms with Gasteiger partial charge in [-0.2, -0.15) is 0 Å². The molecule has 4 rings (SSSR count). The van der Waals surface area contributed by atoms with Crippen molar-refractivity contribution in [3.8, 4) is 11.3 Å². The molecule has 0 aromatic carbocycles. The first-order chi connectivity index (χ1) is 13.0. The number of ether oxygens (including phenoxy) is 1. The predicted molar refractivity (Wildman–Crippen MR) is 107 cm³/mol. The molecular formula is C19H19N3O3S2. The Bertz CT molecular complexity index is 1000. The highest BCUT2D eigenvalue weighted by atomic mass is 32.1. The lowest BCUT2D eigenvalue weighted by Crippen LogP contribution is -2.10. The SMILES string of the molecule is COC(=O)c1cc(-c2csc(NC(=O)c3cc4c(s3)CCC(C)C4)n2)c[nH]1. The van der Waals surface area contributed by atoms with Crippen LogP contribution in [0.1, 0.15) is 43.9 Å². The van der Waals surface area contributed by atoms with Crippen LogP contribution in [0.25, 0.3) is 11.3 Å². The van der Waals surface area contributed by atoms with E-state index in [1.165, 1.54) is 35.3 Å². The third-order valence-corrected chi connectivity index (χ3v) is 6.66. The van der Waals surface area contributed by atoms with Crippen molar-refractivity contribution < 1.29 is 14.3 Å². The Morgan fingerprint density at radius 1 is 1.37 bits per heavy atom. The number of aryl methyl sites for hydroxylation is 1. The largest absolute Gasteiger partial charge is 0.464 e. The number of carbonyl (C=O) groups is 2. The lowest BCUT2D eigenvalue weighted by molar-refractivity contribution is 0.0594. The van der Waals surface area contributed by atoms with Crippen molar-refractivity contribution in [3.05, 3.63) is 44.7 Å². The number of aromatic nitrogens is 2. The number of methoxy groups -OCH3 is 1. The Morgan fingerprint density at radius 3 is 3.04 bits per heavy atom. The van der Waals surface area contributed by atoms with E-state index >= 15 is 0 Å². The lowest BCUT2D eigenvalue weighted by Gasteiger charge is -2.16. The molecule has 3 heterocycles. The van der Waals surface area contributed by atoms with E-state index < -0.39 is 5.97 Å². The summed E-state index contributed by atoms with van der Waals surface area (Å²) in [6, 6.07) is 3.70. The van der Waals surface area contributed by atoms with Gasteiger partial charge >= 0.3 is 5.97 Å². The molecule has 0 radical (unpaired) electrons. The van der Waals surface area contributed by atoms with Gasteiger partial charge in [-0.15, -0.1) is 22.7 Å². The smallest absolute Gasteiger partial charge is 0.354 e. The molecule has 1 aliphatic carbocycles. The highest BCUT2D eigenvalue weighted by Gasteiger charge is 2.21. The number of hydrogen-bond acceptors (Lipinski definition) is 6. The second-order valence-corrected chi connectivity index (χ2v) is 8.69. The van der Waals surface area contributed by atoms with Crippen molar-refractivity contribution in [3.63, 3.8) is 0 Å². The number of nitrogens with one attached hydrogen (secondary N) is 2. The minimum Gasteiger partial charge on any atom is -0.464 e. The zero-order valence-corrected chi connectivity index (χ0v) is 16.6. The van der Waals surface area contributed by atoms with Crippen molar-refractivity contribution in [1.29, 1.82) is 0 Å². The standard InChI is InChI=1S/C19H19N3O3S2/c1-10-3-4-15-11(5-10)7-16(27-15)17(23)22-19-21-14(9-26-19)12-6-13(20-8-12)18(24)25-2/h6-10,20H,3-5H2,1-2H3,(H,21,22,23). The predicted octanol–water partition coefficient (Wildman–Crippen LogP) is 4.36. The number of hydrogen-bond donors (Lipinski definition) is 2. The number of rotatable bonds is 4. The van der Waals surface area contributed by atoms with Crippen LogP contribution in [0.4, 0.5) is 5.13 Å². The van der Waals surface area contributed by atoms with Gasteiger partial charge in [-0.3, -0.25) is 10.1 Å². The van der Waals surface area contributed by atoms with Crippen LogP contribution in [0.5, 0.6) is 0 Å². The normalized spacial score (nSPS) is 16.0. The van der Waals surface area contributed by atoms with Gasteiger partial charge in [-0.05, 0) is 42.9 Å². The van der Waals surface area contributed by atoms with Crippen LogP contribution in [0.3, 0.4) is 0 Å². The molecule has 0 bridgehead atoms. The summed E-state index contributed by atoms with van der Waals surface area (Å²) < 4.78 is 4.69. The van der Waals surface area contributed by atoms with E-state index in [0.717, 1.165) is 23.3 Å². The van der Waals surface area contributed by atoms with Gasteiger partial charge < -0.3 is 9.72 Å². The fourth-order valence-electron chi connectivity index (χ4n) is 3.21. The fourth-order valence-corrected chi connectivity index (χ4v) is 5.03. The molecule has 8 heteroatoms. The molecule has 0 saturated carbocycles. The van der Waals surface area contributed by atoms with Crippen LogP contribution in [0, 0.1) is 5.92 Å². The highest BCUT2D eigenvalue weighted by Crippen LogP contribution is 2.33. The third-order valence-electron chi connectivity index (χ3n) is 4.66. The van der Waals surface area contributed by atoms with Crippen LogP contribution in [0.15, 0.2) is 23.7 Å². The molecule has 140 valence electrons. The average molecular weight is 402 g/mol. The van der Waals surface area contributed by atoms with Crippen LogP contribution in [0.2, 0.25) is 0 Å². The number of thiophene rings is 1. The number of carbonyl (C=O) groups excluding carboxylic acids is 2. The highest BCUT2D eigenvalue weighted by molar-refractivity contribution is 7.15. The molecule has 0 spiro atoms. The summed E-state index contributed by atoms with van der Waals surface area (Å²) in [6.07, 6.45) is 5.00. The number of H-pyrrole nitrogens is 1. The molecule has 1 amide bonds. The third kappa shape index (κ3) is 3.68. The van der Waals surface area contributed by atoms with Gasteiger partial charge in [-0.1, -0.05) is 6.92 Å². The first kappa shape index (κ1) is 17.9. The van der Waals surface area contributed by atoms with E-state index in [2.05, 4.69) is 26.9 Å². The minimum atomic E-state index is -0.430. The van der Waals surface area contributed by atoms with E-state index in [1.54, 1.807) is 23.6 Å². The summed E-state index contributed by atoms with van der Waals surface area (Å²) in [7, 11) is 1.34. The summed E-state index contributed by atoms with van der Waals surface area (Å²) in [5, 5.41) is 5.27. The Hall–Kier alpha value is -2.45. The summed E-state index contributed by atoms with van der Waals surface area (Å²) in [5.74, 6) is 0.133. The van der Waals surface area contributed by atoms with Gasteiger partial charge in [0.05, 0.1) is 17.7 Å². The molecule has 0 saturated heterocycles. The van der Waals surface area contributed by atoms with Crippen LogP contribution in [-0.4, -0.2) is 29.0 Å². The molecule has 1 aliphatic rings. The van der Waals surface area contributed by atoms with Crippen molar-refractivity contribution in [2.75, 3.05) is 12.4 Å². The zero-order chi connectivity index (χ0) is 19.0. The number of anilines is 1. The van der Waals surface area contributed by atoms with Crippen LogP contribution >= 0.6 is 22.7 Å². The lowest BCUT2D eigenvalue weighted by atomic mass is 9.90. The van der Waals surface area contributed by atoms with Gasteiger partial charge in [0.1, 0.15) is 5.69 Å². The van der Waals surface area contributed by atoms with Crippen molar-refractivity contribution >= 4 is 39.7 Å². The first-order valence-corrected chi connectivity index (χ1v) is 10.4. The number of thiazole rings is 1. The van der Waals surface area contributed by atoms with E-state index in [0.29, 0.717) is 22.4 Å². The Kier molecular flexibility index (Phi) is 4.84. The number of aromatic amines is 1. The Balaban J connectivity index is 1.47. The van der Waals surface area contributed by atoms with E-state index in [4.69, 9.17) is 0 Å². The second-order valence-electron chi connectivity index (χ2n) is 6.69. The molecule has 0 fully saturated rings. The number of fused-ring (bicyclic) bond motifs is 1. The van der Waals surface area contributed by atoms with Gasteiger partial charge in [0.25, 0.3) is 5.91 Å². The molecule has 27 heavy (non-hydrogen) atoms. The zero-order valence-electron chi connectivity index (χ0n) is 15.0. The molecule has 0 aliphatic heterocycles. The van der Waals surface area contributed by atoms with E-state index in [-0.39, 0.29) is 5.91 Å². The Morgan fingerprint density at radius 2 is 2.22 bits per heavy atom. The Labute approximate surface area is 164 Å². The minimum absolute atomic E-state index is 0.118. The molecule has 2 N–H and O–H groups in total. The summed E-state index contributed by atoms with van der Waals surface area (Å²) in [6.45, 7) is 2.25. The van der Waals surface area contributed by atoms with Gasteiger partial charge in [-0.25, -0.2) is 9.78 Å². The number of amides is 1. The molecule has 3 aromatic heterocycles. The second kappa shape index (κ2) is 7.28. The van der Waals surface area contributed by atoms with Crippen LogP contribution < -0.4 is 5.32 Å². The number of nitrogens with zero attached hydrogens (tertiary/aromatic N) is 1. The van der Waals surface area contributed by atoms with E-state index in [1.807, 2.05) is 11.4 Å². The van der Waals surface area contributed by atoms with Crippen molar-refractivity contribution in [1.82, 2.24) is 9.97 Å². The summed E-state index contributed by atoms with van der Waals surface area (Å²) >= 11 is 2.94. The quantitative estimate of drug-likeness (QED) is 0.636. The molecule has 6 nitrogen and oxygen atoms in total. The average Bonchev–Trinajstić information content (AvgIpc) is 3.39. The van der Waals surface area contributed by atoms with Crippen LogP contribution in [-0.2, 0) is 17.6 Å². The molecular weight excluding hydrogens is 382 g/mol. The van der Waals surface area contributed by atoms with E-state index in [9.17, 15) is 9.59 Å². The maximum atomic E-state index is 12.6.